The van der Waals surface area contributed by atoms with Crippen molar-refractivity contribution in [3.8, 4) is 5.75 Å². The molecule has 4 heterocycles. The average molecular weight is 510 g/mol. The fraction of sp³-hybridized carbons (Fsp3) is 0.182. The van der Waals surface area contributed by atoms with Crippen LogP contribution in [0.2, 0.25) is 0 Å². The van der Waals surface area contributed by atoms with Gasteiger partial charge in [-0.05, 0) is 12.1 Å². The van der Waals surface area contributed by atoms with Crippen LogP contribution in [0.25, 0.3) is 21.3 Å². The number of fused-ring (bicyclic) bond motifs is 3. The molecule has 2 atom stereocenters. The molecule has 12 heteroatoms. The lowest BCUT2D eigenvalue weighted by molar-refractivity contribution is -0.123. The molecule has 1 saturated heterocycles. The van der Waals surface area contributed by atoms with Crippen molar-refractivity contribution < 1.29 is 9.53 Å². The Labute approximate surface area is 205 Å². The van der Waals surface area contributed by atoms with E-state index in [1.807, 2.05) is 48.5 Å². The summed E-state index contributed by atoms with van der Waals surface area (Å²) in [5.74, 6) is 0.456. The molecular formula is C22H16ClN7O2S2. The van der Waals surface area contributed by atoms with Crippen molar-refractivity contribution in [3.63, 3.8) is 0 Å². The lowest BCUT2D eigenvalue weighted by atomic mass is 9.93. The second-order valence-corrected chi connectivity index (χ2v) is 10.0. The number of rotatable bonds is 5. The molecule has 1 amide bonds. The van der Waals surface area contributed by atoms with E-state index < -0.39 is 5.38 Å². The maximum absolute atomic E-state index is 12.6. The van der Waals surface area contributed by atoms with Crippen LogP contribution in [0.1, 0.15) is 16.6 Å². The van der Waals surface area contributed by atoms with Crippen molar-refractivity contribution in [1.29, 1.82) is 0 Å². The Morgan fingerprint density at radius 3 is 2.79 bits per heavy atom. The van der Waals surface area contributed by atoms with Crippen LogP contribution in [-0.2, 0) is 11.3 Å². The number of nitrogens with one attached hydrogen (secondary N) is 1. The summed E-state index contributed by atoms with van der Waals surface area (Å²) in [5, 5.41) is 18.5. The van der Waals surface area contributed by atoms with Gasteiger partial charge in [0.25, 0.3) is 0 Å². The maximum Gasteiger partial charge on any atom is 0.250 e. The van der Waals surface area contributed by atoms with E-state index in [2.05, 4.69) is 30.4 Å². The highest BCUT2D eigenvalue weighted by Gasteiger charge is 2.50. The van der Waals surface area contributed by atoms with E-state index >= 15 is 0 Å². The summed E-state index contributed by atoms with van der Waals surface area (Å²) in [6, 6.07) is 15.1. The molecule has 1 aliphatic rings. The Balaban J connectivity index is 1.26. The van der Waals surface area contributed by atoms with Gasteiger partial charge in [-0.1, -0.05) is 59.1 Å². The number of carbonyl (C=O) groups excluding carboxylic acids is 1. The Morgan fingerprint density at radius 2 is 1.91 bits per heavy atom. The third-order valence-electron chi connectivity index (χ3n) is 5.57. The van der Waals surface area contributed by atoms with Crippen molar-refractivity contribution in [2.45, 2.75) is 18.0 Å². The van der Waals surface area contributed by atoms with Gasteiger partial charge in [0.15, 0.2) is 0 Å². The first-order valence-corrected chi connectivity index (χ1v) is 12.4. The van der Waals surface area contributed by atoms with Gasteiger partial charge in [-0.3, -0.25) is 9.69 Å². The zero-order valence-corrected chi connectivity index (χ0v) is 20.1. The van der Waals surface area contributed by atoms with E-state index in [0.717, 1.165) is 26.8 Å². The molecule has 1 aliphatic heterocycles. The minimum atomic E-state index is -0.687. The molecule has 2 unspecified atom stereocenters. The molecule has 2 aromatic carbocycles. The summed E-state index contributed by atoms with van der Waals surface area (Å²) >= 11 is 9.10. The maximum atomic E-state index is 12.6. The van der Waals surface area contributed by atoms with Gasteiger partial charge in [0.05, 0.1) is 19.7 Å². The Kier molecular flexibility index (Phi) is 5.24. The summed E-state index contributed by atoms with van der Waals surface area (Å²) < 4.78 is 5.45. The lowest BCUT2D eigenvalue weighted by Crippen LogP contribution is -2.56. The molecule has 3 aromatic heterocycles. The first-order chi connectivity index (χ1) is 16.6. The predicted molar refractivity (Wildman–Crippen MR) is 131 cm³/mol. The number of anilines is 1. The summed E-state index contributed by atoms with van der Waals surface area (Å²) in [4.78, 5) is 23.5. The molecule has 1 N–H and O–H groups in total. The number of H-pyrrole nitrogens is 1. The molecule has 9 nitrogen and oxygen atoms in total. The summed E-state index contributed by atoms with van der Waals surface area (Å²) in [6.45, 7) is 0.278. The van der Waals surface area contributed by atoms with Crippen molar-refractivity contribution >= 4 is 66.6 Å². The van der Waals surface area contributed by atoms with Gasteiger partial charge in [0, 0.05) is 16.5 Å². The Hall–Kier alpha value is -3.41. The monoisotopic (exact) mass is 509 g/mol. The fourth-order valence-electron chi connectivity index (χ4n) is 3.96. The minimum absolute atomic E-state index is 0.213. The van der Waals surface area contributed by atoms with E-state index in [4.69, 9.17) is 16.3 Å². The number of hydrogen-bond donors (Lipinski definition) is 1. The number of hydrogen-bond acceptors (Lipinski definition) is 9. The predicted octanol–water partition coefficient (Wildman–Crippen LogP) is 3.83. The van der Waals surface area contributed by atoms with Gasteiger partial charge in [-0.15, -0.1) is 32.0 Å². The van der Waals surface area contributed by atoms with Gasteiger partial charge in [-0.25, -0.2) is 4.99 Å². The van der Waals surface area contributed by atoms with Gasteiger partial charge < -0.3 is 9.72 Å². The van der Waals surface area contributed by atoms with Crippen LogP contribution in [0.15, 0.2) is 53.5 Å². The van der Waals surface area contributed by atoms with Crippen LogP contribution in [0.4, 0.5) is 5.13 Å². The smallest absolute Gasteiger partial charge is 0.250 e. The largest absolute Gasteiger partial charge is 0.496 e. The molecule has 1 fully saturated rings. The molecule has 6 rings (SSSR count). The van der Waals surface area contributed by atoms with Crippen molar-refractivity contribution in [3.05, 3.63) is 63.9 Å². The van der Waals surface area contributed by atoms with E-state index in [1.54, 1.807) is 12.0 Å². The minimum Gasteiger partial charge on any atom is -0.496 e. The van der Waals surface area contributed by atoms with E-state index in [-0.39, 0.29) is 18.5 Å². The van der Waals surface area contributed by atoms with Crippen LogP contribution >= 0.6 is 34.3 Å². The van der Waals surface area contributed by atoms with Gasteiger partial charge in [-0.2, -0.15) is 0 Å². The van der Waals surface area contributed by atoms with Crippen LogP contribution in [-0.4, -0.2) is 43.8 Å². The van der Waals surface area contributed by atoms with E-state index in [9.17, 15) is 4.79 Å². The zero-order valence-electron chi connectivity index (χ0n) is 17.7. The zero-order chi connectivity index (χ0) is 23.2. The molecule has 34 heavy (non-hydrogen) atoms. The second kappa shape index (κ2) is 8.42. The molecule has 0 saturated carbocycles. The van der Waals surface area contributed by atoms with Crippen LogP contribution in [0.3, 0.4) is 0 Å². The standard InChI is InChI=1S/C22H16ClN7O2S2/c1-32-14-9-5-3-7-12(14)18-16(23)20(31)30(18)22-29-26-15(33-22)10-24-21-28-27-17-11-6-2-4-8-13(11)25-19(17)34-21/h2-9,16,18,25H,10H2,1H3. The molecule has 0 aliphatic carbocycles. The molecular weight excluding hydrogens is 494 g/mol. The van der Waals surface area contributed by atoms with Crippen molar-refractivity contribution in [2.24, 2.45) is 4.99 Å². The highest BCUT2D eigenvalue weighted by molar-refractivity contribution is 7.16. The topological polar surface area (TPSA) is 109 Å². The molecule has 0 spiro atoms. The van der Waals surface area contributed by atoms with Crippen molar-refractivity contribution in [1.82, 2.24) is 25.4 Å². The van der Waals surface area contributed by atoms with Crippen LogP contribution in [0.5, 0.6) is 5.75 Å². The number of amides is 1. The third-order valence-corrected chi connectivity index (χ3v) is 7.80. The number of carbonyl (C=O) groups is 1. The molecule has 170 valence electrons. The van der Waals surface area contributed by atoms with Crippen molar-refractivity contribution in [2.75, 3.05) is 12.0 Å². The number of para-hydroxylation sites is 2. The highest BCUT2D eigenvalue weighted by Crippen LogP contribution is 2.45. The number of halogens is 1. The molecule has 5 aromatic rings. The number of alkyl halides is 1. The van der Waals surface area contributed by atoms with Gasteiger partial charge in [0.1, 0.15) is 26.5 Å². The number of aromatic nitrogens is 5. The van der Waals surface area contributed by atoms with E-state index in [0.29, 0.717) is 20.7 Å². The second-order valence-electron chi connectivity index (χ2n) is 7.52. The summed E-state index contributed by atoms with van der Waals surface area (Å²) in [5.41, 5.74) is 2.66. The van der Waals surface area contributed by atoms with Crippen LogP contribution < -0.4 is 14.4 Å². The lowest BCUT2D eigenvalue weighted by Gasteiger charge is -2.42. The first-order valence-electron chi connectivity index (χ1n) is 10.3. The number of β-lactam (4-membered cyclic amide) rings is 1. The van der Waals surface area contributed by atoms with Crippen LogP contribution in [0, 0.1) is 0 Å². The fourth-order valence-corrected chi connectivity index (χ4v) is 5.92. The normalized spacial score (nSPS) is 18.6. The Morgan fingerprint density at radius 1 is 1.09 bits per heavy atom. The average Bonchev–Trinajstić information content (AvgIpc) is 3.49. The number of methoxy groups -OCH3 is 1. The SMILES string of the molecule is COc1ccccc1C1C(Cl)C(=O)N1c1nnc(CN=c2nnc3c([nH]c4ccccc43)s2)s1. The number of aromatic amines is 1. The van der Waals surface area contributed by atoms with E-state index in [1.165, 1.54) is 22.7 Å². The number of ether oxygens (including phenoxy) is 1. The summed E-state index contributed by atoms with van der Waals surface area (Å²) in [7, 11) is 1.59. The third kappa shape index (κ3) is 3.44. The number of nitrogens with zero attached hydrogens (tertiary/aromatic N) is 6. The molecule has 0 radical (unpaired) electrons. The Bertz CT molecular complexity index is 1610. The quantitative estimate of drug-likeness (QED) is 0.285. The van der Waals surface area contributed by atoms with Gasteiger partial charge >= 0.3 is 0 Å². The highest BCUT2D eigenvalue weighted by atomic mass is 35.5. The summed E-state index contributed by atoms with van der Waals surface area (Å²) in [6.07, 6.45) is 0. The van der Waals surface area contributed by atoms with Gasteiger partial charge in [0.2, 0.25) is 15.8 Å². The number of benzene rings is 2. The molecule has 0 bridgehead atoms. The first kappa shape index (κ1) is 21.1.